The molecule has 154 valence electrons. The molecule has 0 saturated carbocycles. The van der Waals surface area contributed by atoms with Gasteiger partial charge in [-0.1, -0.05) is 15.9 Å². The highest BCUT2D eigenvalue weighted by Gasteiger charge is 2.16. The number of nitrogens with one attached hydrogen (secondary N) is 2. The average Bonchev–Trinajstić information content (AvgIpc) is 3.26. The number of imidazole rings is 1. The summed E-state index contributed by atoms with van der Waals surface area (Å²) >= 11 is 3.41. The summed E-state index contributed by atoms with van der Waals surface area (Å²) in [6, 6.07) is 9.45. The fraction of sp³-hybridized carbons (Fsp3) is 0.211. The quantitative estimate of drug-likeness (QED) is 0.395. The van der Waals surface area contributed by atoms with E-state index in [-0.39, 0.29) is 18.4 Å². The van der Waals surface area contributed by atoms with Crippen molar-refractivity contribution in [1.82, 2.24) is 29.3 Å². The Labute approximate surface area is 180 Å². The second-order valence-corrected chi connectivity index (χ2v) is 7.56. The Bertz CT molecular complexity index is 1210. The molecule has 30 heavy (non-hydrogen) atoms. The van der Waals surface area contributed by atoms with Gasteiger partial charge in [-0.25, -0.2) is 9.67 Å². The summed E-state index contributed by atoms with van der Waals surface area (Å²) in [6.45, 7) is 4.53. The first-order valence-corrected chi connectivity index (χ1v) is 10.1. The number of fused-ring (bicyclic) bond motifs is 1. The number of rotatable bonds is 6. The molecule has 1 amide bonds. The molecule has 11 heteroatoms. The molecule has 3 heterocycles. The van der Waals surface area contributed by atoms with Crippen molar-refractivity contribution >= 4 is 56.3 Å². The number of nitrogens with zero attached hydrogens (tertiary/aromatic N) is 6. The highest BCUT2D eigenvalue weighted by Crippen LogP contribution is 2.24. The smallest absolute Gasteiger partial charge is 0.245 e. The maximum absolute atomic E-state index is 12.6. The monoisotopic (exact) mass is 469 g/mol. The van der Waals surface area contributed by atoms with Crippen LogP contribution in [0.5, 0.6) is 0 Å². The number of nitrogens with two attached hydrogens (primary N) is 1. The summed E-state index contributed by atoms with van der Waals surface area (Å²) in [5, 5.41) is 10.4. The van der Waals surface area contributed by atoms with Gasteiger partial charge in [0, 0.05) is 22.8 Å². The van der Waals surface area contributed by atoms with Crippen LogP contribution in [0.25, 0.3) is 11.2 Å². The highest BCUT2D eigenvalue weighted by atomic mass is 79.9. The van der Waals surface area contributed by atoms with Crippen LogP contribution in [0.1, 0.15) is 12.6 Å². The Kier molecular flexibility index (Phi) is 5.36. The Hall–Kier alpha value is -3.47. The number of halogens is 1. The lowest BCUT2D eigenvalue weighted by molar-refractivity contribution is -0.116. The van der Waals surface area contributed by atoms with Gasteiger partial charge in [0.1, 0.15) is 12.4 Å². The second-order valence-electron chi connectivity index (χ2n) is 6.64. The van der Waals surface area contributed by atoms with Gasteiger partial charge in [-0.2, -0.15) is 15.1 Å². The van der Waals surface area contributed by atoms with Gasteiger partial charge in [-0.15, -0.1) is 0 Å². The third-order valence-corrected chi connectivity index (χ3v) is 4.90. The molecule has 0 aliphatic heterocycles. The molecule has 0 spiro atoms. The molecule has 0 fully saturated rings. The summed E-state index contributed by atoms with van der Waals surface area (Å²) in [5.41, 5.74) is 8.56. The molecule has 0 aliphatic rings. The Balaban J connectivity index is 1.58. The number of hydrogen-bond acceptors (Lipinski definition) is 7. The van der Waals surface area contributed by atoms with Gasteiger partial charge < -0.3 is 20.9 Å². The largest absolute Gasteiger partial charge is 0.368 e. The first kappa shape index (κ1) is 19.8. The Morgan fingerprint density at radius 3 is 2.73 bits per heavy atom. The van der Waals surface area contributed by atoms with Crippen LogP contribution >= 0.6 is 15.9 Å². The second kappa shape index (κ2) is 8.11. The summed E-state index contributed by atoms with van der Waals surface area (Å²) < 4.78 is 4.34. The van der Waals surface area contributed by atoms with Gasteiger partial charge in [0.2, 0.25) is 11.9 Å². The lowest BCUT2D eigenvalue weighted by Gasteiger charge is -2.09. The SMILES string of the molecule is CCn1nc(C)cc1NC(=O)Cn1cnc2c(Nc3ccc(Br)cc3)nc(N)nc21. The van der Waals surface area contributed by atoms with Crippen molar-refractivity contribution in [2.24, 2.45) is 0 Å². The molecule has 0 unspecified atom stereocenters. The van der Waals surface area contributed by atoms with E-state index in [0.717, 1.165) is 15.9 Å². The minimum Gasteiger partial charge on any atom is -0.368 e. The minimum atomic E-state index is -0.219. The molecule has 0 atom stereocenters. The summed E-state index contributed by atoms with van der Waals surface area (Å²) in [4.78, 5) is 25.5. The number of anilines is 4. The predicted molar refractivity (Wildman–Crippen MR) is 118 cm³/mol. The van der Waals surface area contributed by atoms with Crippen molar-refractivity contribution < 1.29 is 4.79 Å². The van der Waals surface area contributed by atoms with Crippen LogP contribution < -0.4 is 16.4 Å². The van der Waals surface area contributed by atoms with E-state index in [1.807, 2.05) is 44.2 Å². The Morgan fingerprint density at radius 1 is 1.23 bits per heavy atom. The highest BCUT2D eigenvalue weighted by molar-refractivity contribution is 9.10. The van der Waals surface area contributed by atoms with Gasteiger partial charge >= 0.3 is 0 Å². The van der Waals surface area contributed by atoms with Gasteiger partial charge in [0.25, 0.3) is 0 Å². The van der Waals surface area contributed by atoms with E-state index in [1.165, 1.54) is 0 Å². The number of hydrogen-bond donors (Lipinski definition) is 3. The molecule has 0 saturated heterocycles. The molecule has 10 nitrogen and oxygen atoms in total. The van der Waals surface area contributed by atoms with E-state index in [9.17, 15) is 4.79 Å². The van der Waals surface area contributed by atoms with Crippen molar-refractivity contribution in [2.45, 2.75) is 26.9 Å². The Morgan fingerprint density at radius 2 is 2.00 bits per heavy atom. The van der Waals surface area contributed by atoms with Gasteiger partial charge in [-0.3, -0.25) is 4.79 Å². The molecule has 4 N–H and O–H groups in total. The number of aryl methyl sites for hydroxylation is 2. The molecular weight excluding hydrogens is 450 g/mol. The van der Waals surface area contributed by atoms with Crippen LogP contribution in [0.2, 0.25) is 0 Å². The van der Waals surface area contributed by atoms with Crippen LogP contribution in [0.15, 0.2) is 41.1 Å². The molecule has 0 aliphatic carbocycles. The first-order chi connectivity index (χ1) is 14.4. The minimum absolute atomic E-state index is 0.0264. The van der Waals surface area contributed by atoms with Crippen LogP contribution in [-0.4, -0.2) is 35.2 Å². The third-order valence-electron chi connectivity index (χ3n) is 4.37. The zero-order chi connectivity index (χ0) is 21.3. The van der Waals surface area contributed by atoms with Gasteiger partial charge in [0.15, 0.2) is 17.0 Å². The normalized spacial score (nSPS) is 11.0. The number of aromatic nitrogens is 6. The van der Waals surface area contributed by atoms with E-state index in [1.54, 1.807) is 15.6 Å². The van der Waals surface area contributed by atoms with Gasteiger partial charge in [-0.05, 0) is 38.1 Å². The molecule has 4 aromatic rings. The standard InChI is InChI=1S/C19H20BrN9O/c1-3-29-14(8-11(2)27-29)24-15(30)9-28-10-22-16-17(25-19(21)26-18(16)28)23-13-6-4-12(20)5-7-13/h4-8,10H,3,9H2,1-2H3,(H,24,30)(H3,21,23,25,26). The maximum atomic E-state index is 12.6. The van der Waals surface area contributed by atoms with Crippen LogP contribution in [-0.2, 0) is 17.9 Å². The maximum Gasteiger partial charge on any atom is 0.245 e. The van der Waals surface area contributed by atoms with Crippen LogP contribution in [0.4, 0.5) is 23.3 Å². The van der Waals surface area contributed by atoms with Crippen molar-refractivity contribution in [3.63, 3.8) is 0 Å². The van der Waals surface area contributed by atoms with E-state index >= 15 is 0 Å². The summed E-state index contributed by atoms with van der Waals surface area (Å²) in [5.74, 6) is 0.988. The number of carbonyl (C=O) groups is 1. The summed E-state index contributed by atoms with van der Waals surface area (Å²) in [6.07, 6.45) is 1.55. The molecule has 0 bridgehead atoms. The lowest BCUT2D eigenvalue weighted by atomic mass is 10.3. The van der Waals surface area contributed by atoms with Crippen molar-refractivity contribution in [3.8, 4) is 0 Å². The fourth-order valence-electron chi connectivity index (χ4n) is 3.06. The van der Waals surface area contributed by atoms with Gasteiger partial charge in [0.05, 0.1) is 12.0 Å². The van der Waals surface area contributed by atoms with Crippen molar-refractivity contribution in [2.75, 3.05) is 16.4 Å². The number of amides is 1. The van der Waals surface area contributed by atoms with Crippen molar-refractivity contribution in [1.29, 1.82) is 0 Å². The lowest BCUT2D eigenvalue weighted by Crippen LogP contribution is -2.20. The first-order valence-electron chi connectivity index (χ1n) is 9.28. The fourth-order valence-corrected chi connectivity index (χ4v) is 3.32. The summed E-state index contributed by atoms with van der Waals surface area (Å²) in [7, 11) is 0. The predicted octanol–water partition coefficient (Wildman–Crippen LogP) is 3.08. The molecule has 4 rings (SSSR count). The van der Waals surface area contributed by atoms with E-state index < -0.39 is 0 Å². The van der Waals surface area contributed by atoms with Crippen molar-refractivity contribution in [3.05, 3.63) is 46.8 Å². The topological polar surface area (TPSA) is 129 Å². The molecule has 0 radical (unpaired) electrons. The van der Waals surface area contributed by atoms with E-state index in [0.29, 0.717) is 29.3 Å². The average molecular weight is 470 g/mol. The van der Waals surface area contributed by atoms with E-state index in [4.69, 9.17) is 5.73 Å². The van der Waals surface area contributed by atoms with Crippen LogP contribution in [0, 0.1) is 6.92 Å². The van der Waals surface area contributed by atoms with E-state index in [2.05, 4.69) is 46.6 Å². The zero-order valence-electron chi connectivity index (χ0n) is 16.4. The zero-order valence-corrected chi connectivity index (χ0v) is 18.0. The third kappa shape index (κ3) is 4.10. The number of carbonyl (C=O) groups excluding carboxylic acids is 1. The number of nitrogen functional groups attached to an aromatic ring is 1. The number of benzene rings is 1. The molecule has 3 aromatic heterocycles. The van der Waals surface area contributed by atoms with Crippen LogP contribution in [0.3, 0.4) is 0 Å². The molecule has 1 aromatic carbocycles. The molecular formula is C19H20BrN9O.